The van der Waals surface area contributed by atoms with Crippen LogP contribution in [0.2, 0.25) is 0 Å². The van der Waals surface area contributed by atoms with E-state index in [1.165, 1.54) is 4.90 Å². The summed E-state index contributed by atoms with van der Waals surface area (Å²) in [4.78, 5) is 58.4. The maximum atomic E-state index is 13.6. The normalized spacial score (nSPS) is 16.1. The Morgan fingerprint density at radius 1 is 0.917 bits per heavy atom. The van der Waals surface area contributed by atoms with Crippen molar-refractivity contribution in [3.63, 3.8) is 0 Å². The van der Waals surface area contributed by atoms with Crippen LogP contribution in [0.25, 0.3) is 0 Å². The van der Waals surface area contributed by atoms with Gasteiger partial charge in [0.15, 0.2) is 0 Å². The fraction of sp³-hybridized carbons (Fsp3) is 0.289. The lowest BCUT2D eigenvalue weighted by Gasteiger charge is -2.30. The number of fused-ring (bicyclic) bond motifs is 3. The number of carbonyl (C=O) groups excluding carboxylic acids is 4. The molecule has 10 heteroatoms. The highest BCUT2D eigenvalue weighted by Gasteiger charge is 2.51. The Morgan fingerprint density at radius 2 is 1.65 bits per heavy atom. The zero-order valence-corrected chi connectivity index (χ0v) is 27.3. The monoisotopic (exact) mass is 645 g/mol. The number of hydrogen-bond acceptors (Lipinski definition) is 6. The standard InChI is InChI=1S/C38H39N5O5/c1-37(2,3)35(46)43(22-28-13-8-7-12-27(28)21-40-36(47)48-24-25-10-5-4-6-11-25)23-32(44)41-30-16-15-26-19-38(20-29(26)18-30)31-14-9-17-39-33(31)42-34(38)45/h4-18H,19-24H2,1-3H3,(H,40,47)(H,41,44)(H,39,42,45). The second kappa shape index (κ2) is 13.3. The fourth-order valence-electron chi connectivity index (χ4n) is 6.42. The molecule has 3 aromatic carbocycles. The van der Waals surface area contributed by atoms with E-state index in [-0.39, 0.29) is 44.0 Å². The average molecular weight is 646 g/mol. The molecule has 0 saturated heterocycles. The Morgan fingerprint density at radius 3 is 2.42 bits per heavy atom. The number of aromatic nitrogens is 1. The molecule has 0 radical (unpaired) electrons. The van der Waals surface area contributed by atoms with Gasteiger partial charge in [0.1, 0.15) is 19.0 Å². The molecule has 10 nitrogen and oxygen atoms in total. The third-order valence-electron chi connectivity index (χ3n) is 8.84. The first-order valence-electron chi connectivity index (χ1n) is 16.0. The Bertz CT molecular complexity index is 1870. The molecule has 1 unspecified atom stereocenters. The van der Waals surface area contributed by atoms with Crippen LogP contribution >= 0.6 is 0 Å². The summed E-state index contributed by atoms with van der Waals surface area (Å²) < 4.78 is 5.35. The number of nitrogens with one attached hydrogen (secondary N) is 3. The van der Waals surface area contributed by atoms with Crippen LogP contribution in [-0.4, -0.2) is 40.2 Å². The first kappa shape index (κ1) is 32.4. The highest BCUT2D eigenvalue weighted by atomic mass is 16.5. The molecule has 0 saturated carbocycles. The minimum Gasteiger partial charge on any atom is -0.445 e. The summed E-state index contributed by atoms with van der Waals surface area (Å²) in [6.45, 7) is 5.82. The van der Waals surface area contributed by atoms with Gasteiger partial charge in [-0.2, -0.15) is 0 Å². The van der Waals surface area contributed by atoms with E-state index in [9.17, 15) is 19.2 Å². The molecule has 3 N–H and O–H groups in total. The third kappa shape index (κ3) is 6.92. The predicted octanol–water partition coefficient (Wildman–Crippen LogP) is 5.51. The summed E-state index contributed by atoms with van der Waals surface area (Å²) in [6, 6.07) is 26.4. The smallest absolute Gasteiger partial charge is 0.407 e. The van der Waals surface area contributed by atoms with Crippen molar-refractivity contribution in [3.05, 3.63) is 125 Å². The number of anilines is 2. The van der Waals surface area contributed by atoms with Gasteiger partial charge in [-0.15, -0.1) is 0 Å². The van der Waals surface area contributed by atoms with Crippen LogP contribution in [0, 0.1) is 5.41 Å². The van der Waals surface area contributed by atoms with E-state index in [1.807, 2.05) is 106 Å². The van der Waals surface area contributed by atoms with E-state index in [1.54, 1.807) is 6.20 Å². The molecule has 1 aliphatic carbocycles. The molecule has 4 aromatic rings. The largest absolute Gasteiger partial charge is 0.445 e. The van der Waals surface area contributed by atoms with E-state index >= 15 is 0 Å². The van der Waals surface area contributed by atoms with Gasteiger partial charge in [0.05, 0.1) is 5.41 Å². The predicted molar refractivity (Wildman–Crippen MR) is 182 cm³/mol. The third-order valence-corrected chi connectivity index (χ3v) is 8.84. The van der Waals surface area contributed by atoms with E-state index in [2.05, 4.69) is 20.9 Å². The van der Waals surface area contributed by atoms with Gasteiger partial charge < -0.3 is 25.6 Å². The number of hydrogen-bond donors (Lipinski definition) is 3. The summed E-state index contributed by atoms with van der Waals surface area (Å²) in [6.07, 6.45) is 2.19. The van der Waals surface area contributed by atoms with Crippen LogP contribution in [0.5, 0.6) is 0 Å². The van der Waals surface area contributed by atoms with E-state index in [0.29, 0.717) is 24.3 Å². The van der Waals surface area contributed by atoms with Gasteiger partial charge in [0.25, 0.3) is 0 Å². The molecule has 4 amide bonds. The van der Waals surface area contributed by atoms with Crippen molar-refractivity contribution < 1.29 is 23.9 Å². The quantitative estimate of drug-likeness (QED) is 0.220. The molecular weight excluding hydrogens is 606 g/mol. The summed E-state index contributed by atoms with van der Waals surface area (Å²) >= 11 is 0. The van der Waals surface area contributed by atoms with Gasteiger partial charge in [0, 0.05) is 36.0 Å². The van der Waals surface area contributed by atoms with Crippen LogP contribution in [-0.2, 0) is 57.1 Å². The Hall–Kier alpha value is -5.51. The highest BCUT2D eigenvalue weighted by molar-refractivity contribution is 6.06. The van der Waals surface area contributed by atoms with Gasteiger partial charge in [-0.3, -0.25) is 14.4 Å². The van der Waals surface area contributed by atoms with Crippen molar-refractivity contribution in [3.8, 4) is 0 Å². The van der Waals surface area contributed by atoms with Crippen LogP contribution in [0.15, 0.2) is 91.1 Å². The van der Waals surface area contributed by atoms with Gasteiger partial charge in [-0.1, -0.05) is 87.5 Å². The fourth-order valence-corrected chi connectivity index (χ4v) is 6.42. The maximum Gasteiger partial charge on any atom is 0.407 e. The topological polar surface area (TPSA) is 130 Å². The molecule has 1 aliphatic heterocycles. The summed E-state index contributed by atoms with van der Waals surface area (Å²) in [7, 11) is 0. The Kier molecular flexibility index (Phi) is 8.99. The Labute approximate surface area is 279 Å². The van der Waals surface area contributed by atoms with Gasteiger partial charge in [-0.05, 0) is 58.9 Å². The summed E-state index contributed by atoms with van der Waals surface area (Å²) in [5.41, 5.74) is 4.60. The lowest BCUT2D eigenvalue weighted by molar-refractivity contribution is -0.142. The second-order valence-electron chi connectivity index (χ2n) is 13.4. The first-order chi connectivity index (χ1) is 23.0. The molecule has 48 heavy (non-hydrogen) atoms. The molecule has 2 aliphatic rings. The number of benzene rings is 3. The molecule has 6 rings (SSSR count). The van der Waals surface area contributed by atoms with E-state index in [4.69, 9.17) is 4.74 Å². The number of pyridine rings is 1. The number of rotatable bonds is 9. The molecule has 0 bridgehead atoms. The lowest BCUT2D eigenvalue weighted by atomic mass is 9.79. The maximum absolute atomic E-state index is 13.6. The minimum absolute atomic E-state index is 0.0612. The molecule has 1 spiro atoms. The van der Waals surface area contributed by atoms with Crippen LogP contribution in [0.1, 0.15) is 54.2 Å². The molecule has 1 atom stereocenters. The Balaban J connectivity index is 1.12. The molecule has 246 valence electrons. The van der Waals surface area contributed by atoms with E-state index in [0.717, 1.165) is 33.4 Å². The van der Waals surface area contributed by atoms with Crippen LogP contribution in [0.3, 0.4) is 0 Å². The van der Waals surface area contributed by atoms with Crippen molar-refractivity contribution in [1.82, 2.24) is 15.2 Å². The van der Waals surface area contributed by atoms with Crippen LogP contribution in [0.4, 0.5) is 16.3 Å². The zero-order valence-electron chi connectivity index (χ0n) is 27.3. The van der Waals surface area contributed by atoms with Crippen molar-refractivity contribution in [2.75, 3.05) is 17.2 Å². The van der Waals surface area contributed by atoms with Crippen molar-refractivity contribution in [2.24, 2.45) is 5.41 Å². The summed E-state index contributed by atoms with van der Waals surface area (Å²) in [5.74, 6) is 0.0215. The van der Waals surface area contributed by atoms with Gasteiger partial charge in [0.2, 0.25) is 17.7 Å². The molecule has 0 fully saturated rings. The number of ether oxygens (including phenoxy) is 1. The first-order valence-corrected chi connectivity index (χ1v) is 16.0. The van der Waals surface area contributed by atoms with Crippen molar-refractivity contribution in [2.45, 2.75) is 58.7 Å². The second-order valence-corrected chi connectivity index (χ2v) is 13.4. The van der Waals surface area contributed by atoms with Crippen molar-refractivity contribution in [1.29, 1.82) is 0 Å². The molecule has 1 aromatic heterocycles. The average Bonchev–Trinajstić information content (AvgIpc) is 3.59. The molecular formula is C38H39N5O5. The van der Waals surface area contributed by atoms with Crippen LogP contribution < -0.4 is 16.0 Å². The van der Waals surface area contributed by atoms with Crippen molar-refractivity contribution >= 4 is 35.3 Å². The number of alkyl carbamates (subject to hydrolysis) is 1. The minimum atomic E-state index is -0.733. The number of nitrogens with zero attached hydrogens (tertiary/aromatic N) is 2. The number of carbonyl (C=O) groups is 4. The summed E-state index contributed by atoms with van der Waals surface area (Å²) in [5, 5.41) is 8.68. The SMILES string of the molecule is CC(C)(C)C(=O)N(CC(=O)Nc1ccc2c(c1)CC1(C2)C(=O)Nc2ncccc21)Cc1ccccc1CNC(=O)OCc1ccccc1. The molecule has 2 heterocycles. The lowest BCUT2D eigenvalue weighted by Crippen LogP contribution is -2.43. The van der Waals surface area contributed by atoms with E-state index < -0.39 is 16.9 Å². The van der Waals surface area contributed by atoms with Gasteiger partial charge >= 0.3 is 6.09 Å². The van der Waals surface area contributed by atoms with Gasteiger partial charge in [-0.25, -0.2) is 9.78 Å². The highest BCUT2D eigenvalue weighted by Crippen LogP contribution is 2.47. The number of amides is 4. The zero-order chi connectivity index (χ0) is 33.9.